The van der Waals surface area contributed by atoms with Gasteiger partial charge in [0.1, 0.15) is 0 Å². The Bertz CT molecular complexity index is 800. The first-order valence-electron chi connectivity index (χ1n) is 8.16. The van der Waals surface area contributed by atoms with Crippen molar-refractivity contribution in [2.45, 2.75) is 13.8 Å². The molecule has 0 bridgehead atoms. The highest BCUT2D eigenvalue weighted by Gasteiger charge is 2.06. The topological polar surface area (TPSA) is 90.7 Å². The fraction of sp³-hybridized carbons (Fsp3) is 0.211. The number of benzene rings is 2. The van der Waals surface area contributed by atoms with Gasteiger partial charge in [0.15, 0.2) is 11.5 Å². The summed E-state index contributed by atoms with van der Waals surface area (Å²) in [6.07, 6.45) is 3.03. The largest absolute Gasteiger partial charge is 0.490 e. The number of carbonyl (C=O) groups is 1. The fourth-order valence-corrected chi connectivity index (χ4v) is 2.19. The average molecular weight is 356 g/mol. The Morgan fingerprint density at radius 1 is 1.08 bits per heavy atom. The van der Waals surface area contributed by atoms with Crippen LogP contribution in [0.5, 0.6) is 11.5 Å². The Hall–Kier alpha value is -3.35. The molecule has 2 rings (SSSR count). The number of hydrogen-bond acceptors (Lipinski definition) is 5. The lowest BCUT2D eigenvalue weighted by Gasteiger charge is -2.11. The second-order valence-electron chi connectivity index (χ2n) is 5.20. The highest BCUT2D eigenvalue weighted by molar-refractivity contribution is 6.02. The highest BCUT2D eigenvalue weighted by atomic mass is 16.6. The number of nitro benzene ring substituents is 1. The molecule has 0 heterocycles. The molecule has 0 fully saturated rings. The average Bonchev–Trinajstić information content (AvgIpc) is 2.62. The molecule has 0 saturated carbocycles. The van der Waals surface area contributed by atoms with Gasteiger partial charge < -0.3 is 14.8 Å². The van der Waals surface area contributed by atoms with Gasteiger partial charge in [0.05, 0.1) is 18.1 Å². The van der Waals surface area contributed by atoms with Crippen molar-refractivity contribution in [3.8, 4) is 11.5 Å². The second kappa shape index (κ2) is 9.22. The number of nitrogens with zero attached hydrogens (tertiary/aromatic N) is 1. The molecule has 0 spiro atoms. The predicted octanol–water partition coefficient (Wildman–Crippen LogP) is 4.04. The van der Waals surface area contributed by atoms with E-state index < -0.39 is 4.92 Å². The van der Waals surface area contributed by atoms with Crippen LogP contribution in [-0.4, -0.2) is 24.0 Å². The van der Waals surface area contributed by atoms with Gasteiger partial charge in [-0.15, -0.1) is 0 Å². The number of amides is 1. The third-order valence-corrected chi connectivity index (χ3v) is 3.34. The summed E-state index contributed by atoms with van der Waals surface area (Å²) in [4.78, 5) is 22.1. The first kappa shape index (κ1) is 19.0. The Labute approximate surface area is 151 Å². The van der Waals surface area contributed by atoms with Crippen LogP contribution in [0, 0.1) is 10.1 Å². The SMILES string of the molecule is CCOc1ccc(C=CC(=O)Nc2ccc([N+](=O)[O-])cc2)cc1OCC. The minimum atomic E-state index is -0.493. The highest BCUT2D eigenvalue weighted by Crippen LogP contribution is 2.29. The van der Waals surface area contributed by atoms with E-state index >= 15 is 0 Å². The molecular weight excluding hydrogens is 336 g/mol. The van der Waals surface area contributed by atoms with Crippen LogP contribution in [0.2, 0.25) is 0 Å². The first-order valence-corrected chi connectivity index (χ1v) is 8.16. The third-order valence-electron chi connectivity index (χ3n) is 3.34. The van der Waals surface area contributed by atoms with Crippen molar-refractivity contribution in [2.75, 3.05) is 18.5 Å². The Morgan fingerprint density at radius 2 is 1.73 bits per heavy atom. The molecule has 1 amide bonds. The van der Waals surface area contributed by atoms with Crippen LogP contribution in [0.25, 0.3) is 6.08 Å². The third kappa shape index (κ3) is 5.34. The maximum absolute atomic E-state index is 12.0. The number of anilines is 1. The van der Waals surface area contributed by atoms with E-state index in [0.717, 1.165) is 5.56 Å². The quantitative estimate of drug-likeness (QED) is 0.438. The number of hydrogen-bond donors (Lipinski definition) is 1. The summed E-state index contributed by atoms with van der Waals surface area (Å²) in [7, 11) is 0. The summed E-state index contributed by atoms with van der Waals surface area (Å²) in [5, 5.41) is 13.3. The molecule has 26 heavy (non-hydrogen) atoms. The van der Waals surface area contributed by atoms with Crippen molar-refractivity contribution in [1.29, 1.82) is 0 Å². The molecular formula is C19H20N2O5. The summed E-state index contributed by atoms with van der Waals surface area (Å²) in [6, 6.07) is 11.0. The zero-order chi connectivity index (χ0) is 18.9. The molecule has 0 aromatic heterocycles. The Kier molecular flexibility index (Phi) is 6.73. The summed E-state index contributed by atoms with van der Waals surface area (Å²) in [5.41, 5.74) is 1.24. The molecule has 0 aliphatic heterocycles. The zero-order valence-electron chi connectivity index (χ0n) is 14.6. The molecule has 2 aromatic rings. The van der Waals surface area contributed by atoms with Crippen molar-refractivity contribution in [3.05, 3.63) is 64.2 Å². The summed E-state index contributed by atoms with van der Waals surface area (Å²) >= 11 is 0. The van der Waals surface area contributed by atoms with Crippen LogP contribution in [0.3, 0.4) is 0 Å². The van der Waals surface area contributed by atoms with Crippen LogP contribution in [0.15, 0.2) is 48.5 Å². The maximum atomic E-state index is 12.0. The van der Waals surface area contributed by atoms with Crippen LogP contribution in [0.1, 0.15) is 19.4 Å². The van der Waals surface area contributed by atoms with E-state index in [4.69, 9.17) is 9.47 Å². The number of nitro groups is 1. The monoisotopic (exact) mass is 356 g/mol. The lowest BCUT2D eigenvalue weighted by atomic mass is 10.2. The number of carbonyl (C=O) groups excluding carboxylic acids is 1. The van der Waals surface area contributed by atoms with E-state index in [-0.39, 0.29) is 11.6 Å². The minimum Gasteiger partial charge on any atom is -0.490 e. The number of ether oxygens (including phenoxy) is 2. The van der Waals surface area contributed by atoms with Crippen molar-refractivity contribution in [3.63, 3.8) is 0 Å². The van der Waals surface area contributed by atoms with E-state index in [2.05, 4.69) is 5.32 Å². The maximum Gasteiger partial charge on any atom is 0.269 e. The second-order valence-corrected chi connectivity index (χ2v) is 5.20. The Morgan fingerprint density at radius 3 is 2.35 bits per heavy atom. The van der Waals surface area contributed by atoms with Crippen LogP contribution < -0.4 is 14.8 Å². The Balaban J connectivity index is 2.04. The standard InChI is InChI=1S/C19H20N2O5/c1-3-25-17-11-5-14(13-18(17)26-4-2)6-12-19(22)20-15-7-9-16(10-8-15)21(23)24/h5-13H,3-4H2,1-2H3,(H,20,22). The van der Waals surface area contributed by atoms with E-state index in [1.807, 2.05) is 19.9 Å². The van der Waals surface area contributed by atoms with E-state index in [0.29, 0.717) is 30.4 Å². The van der Waals surface area contributed by atoms with E-state index in [1.165, 1.54) is 30.3 Å². The van der Waals surface area contributed by atoms with Gasteiger partial charge in [-0.1, -0.05) is 6.07 Å². The van der Waals surface area contributed by atoms with Gasteiger partial charge in [-0.2, -0.15) is 0 Å². The molecule has 0 atom stereocenters. The van der Waals surface area contributed by atoms with Crippen molar-refractivity contribution in [1.82, 2.24) is 0 Å². The molecule has 7 nitrogen and oxygen atoms in total. The smallest absolute Gasteiger partial charge is 0.269 e. The molecule has 0 aliphatic carbocycles. The number of nitrogens with one attached hydrogen (secondary N) is 1. The van der Waals surface area contributed by atoms with Gasteiger partial charge in [-0.25, -0.2) is 0 Å². The molecule has 7 heteroatoms. The van der Waals surface area contributed by atoms with Gasteiger partial charge in [0.25, 0.3) is 5.69 Å². The van der Waals surface area contributed by atoms with Gasteiger partial charge in [-0.05, 0) is 49.8 Å². The lowest BCUT2D eigenvalue weighted by Crippen LogP contribution is -2.07. The van der Waals surface area contributed by atoms with Crippen molar-refractivity contribution < 1.29 is 19.2 Å². The lowest BCUT2D eigenvalue weighted by molar-refractivity contribution is -0.384. The van der Waals surface area contributed by atoms with Gasteiger partial charge in [-0.3, -0.25) is 14.9 Å². The molecule has 0 saturated heterocycles. The predicted molar refractivity (Wildman–Crippen MR) is 99.5 cm³/mol. The zero-order valence-corrected chi connectivity index (χ0v) is 14.6. The normalized spacial score (nSPS) is 10.5. The molecule has 1 N–H and O–H groups in total. The molecule has 2 aromatic carbocycles. The van der Waals surface area contributed by atoms with Crippen molar-refractivity contribution in [2.24, 2.45) is 0 Å². The number of non-ortho nitro benzene ring substituents is 1. The van der Waals surface area contributed by atoms with Gasteiger partial charge in [0.2, 0.25) is 5.91 Å². The number of rotatable bonds is 8. The molecule has 0 radical (unpaired) electrons. The van der Waals surface area contributed by atoms with Gasteiger partial charge >= 0.3 is 0 Å². The molecule has 136 valence electrons. The van der Waals surface area contributed by atoms with Crippen LogP contribution in [-0.2, 0) is 4.79 Å². The van der Waals surface area contributed by atoms with Crippen LogP contribution >= 0.6 is 0 Å². The van der Waals surface area contributed by atoms with E-state index in [1.54, 1.807) is 18.2 Å². The summed E-state index contributed by atoms with van der Waals surface area (Å²) < 4.78 is 11.0. The molecule has 0 aliphatic rings. The van der Waals surface area contributed by atoms with Crippen molar-refractivity contribution >= 4 is 23.4 Å². The summed E-state index contributed by atoms with van der Waals surface area (Å²) in [5.74, 6) is 0.930. The van der Waals surface area contributed by atoms with Gasteiger partial charge in [0, 0.05) is 23.9 Å². The summed E-state index contributed by atoms with van der Waals surface area (Å²) in [6.45, 7) is 4.82. The molecule has 0 unspecified atom stereocenters. The fourth-order valence-electron chi connectivity index (χ4n) is 2.19. The minimum absolute atomic E-state index is 0.0311. The van der Waals surface area contributed by atoms with E-state index in [9.17, 15) is 14.9 Å². The van der Waals surface area contributed by atoms with Crippen LogP contribution in [0.4, 0.5) is 11.4 Å². The first-order chi connectivity index (χ1) is 12.5.